The Hall–Kier alpha value is -4.69. The largest absolute Gasteiger partial charge is 0.506 e. The second-order valence-electron chi connectivity index (χ2n) is 17.4. The first-order valence-electron chi connectivity index (χ1n) is 22.3. The van der Waals surface area contributed by atoms with Gasteiger partial charge in [0.25, 0.3) is 5.91 Å². The smallest absolute Gasteiger partial charge is 0.262 e. The van der Waals surface area contributed by atoms with Crippen LogP contribution in [0.2, 0.25) is 0 Å². The standard InChI is InChI=1S/C49H61FN4O7S/c1-33(2)48-51-40(32-62-48)46(58)38-19-28-61-49(29-38)21-24-53(25-22-49)30-39-15-10-14-36(44(39)50)18-26-59-27-20-43(57)54(34(3)35-11-6-4-7-12-35)23-9-5-8-13-37-16-17-41(55)45-47(37)60-31-42(56)52-45/h4,6-7,10-12,14-17,32-34,38,55H,5,8-9,13,18-31H2,1-3H3,(H,52,56)/t34-,38?/m1/s1. The molecule has 2 saturated heterocycles. The molecule has 2 fully saturated rings. The molecule has 1 unspecified atom stereocenters. The minimum atomic E-state index is -0.323. The Balaban J connectivity index is 0.849. The Labute approximate surface area is 369 Å². The number of hydrogen-bond acceptors (Lipinski definition) is 10. The molecule has 1 spiro atoms. The van der Waals surface area contributed by atoms with Crippen molar-refractivity contribution in [2.24, 2.45) is 5.92 Å². The van der Waals surface area contributed by atoms with Crippen LogP contribution in [0.5, 0.6) is 11.5 Å². The fraction of sp³-hybridized carbons (Fsp3) is 0.510. The van der Waals surface area contributed by atoms with Gasteiger partial charge in [-0.2, -0.15) is 0 Å². The number of anilines is 1. The van der Waals surface area contributed by atoms with Gasteiger partial charge in [0, 0.05) is 55.6 Å². The molecule has 11 nitrogen and oxygen atoms in total. The first-order chi connectivity index (χ1) is 30.0. The van der Waals surface area contributed by atoms with E-state index in [1.165, 1.54) is 0 Å². The maximum absolute atomic E-state index is 15.9. The Kier molecular flexibility index (Phi) is 15.4. The highest BCUT2D eigenvalue weighted by Crippen LogP contribution is 2.41. The van der Waals surface area contributed by atoms with E-state index in [4.69, 9.17) is 14.2 Å². The summed E-state index contributed by atoms with van der Waals surface area (Å²) in [7, 11) is 0. The predicted molar refractivity (Wildman–Crippen MR) is 238 cm³/mol. The number of fused-ring (bicyclic) bond motifs is 1. The molecule has 4 heterocycles. The lowest BCUT2D eigenvalue weighted by molar-refractivity contribution is -0.134. The molecule has 0 aliphatic carbocycles. The number of phenolic OH excluding ortho intramolecular Hbond substituents is 1. The van der Waals surface area contributed by atoms with Gasteiger partial charge in [0.1, 0.15) is 22.9 Å². The van der Waals surface area contributed by atoms with Crippen molar-refractivity contribution in [2.45, 2.75) is 109 Å². The van der Waals surface area contributed by atoms with Crippen LogP contribution in [0.4, 0.5) is 10.1 Å². The number of hydrogen-bond donors (Lipinski definition) is 2. The molecule has 3 aliphatic heterocycles. The number of halogens is 1. The number of aryl methyl sites for hydroxylation is 1. The van der Waals surface area contributed by atoms with Gasteiger partial charge in [0.15, 0.2) is 18.1 Å². The van der Waals surface area contributed by atoms with Crippen molar-refractivity contribution in [3.05, 3.63) is 105 Å². The van der Waals surface area contributed by atoms with Gasteiger partial charge in [-0.3, -0.25) is 19.3 Å². The van der Waals surface area contributed by atoms with E-state index in [-0.39, 0.29) is 66.4 Å². The van der Waals surface area contributed by atoms with E-state index in [9.17, 15) is 19.5 Å². The summed E-state index contributed by atoms with van der Waals surface area (Å²) >= 11 is 1.56. The first-order valence-corrected chi connectivity index (χ1v) is 23.2. The molecule has 3 aromatic carbocycles. The number of carbonyl (C=O) groups excluding carboxylic acids is 3. The lowest BCUT2D eigenvalue weighted by Crippen LogP contribution is -2.50. The molecular weight excluding hydrogens is 808 g/mol. The van der Waals surface area contributed by atoms with Crippen LogP contribution in [-0.4, -0.2) is 89.2 Å². The quantitative estimate of drug-likeness (QED) is 0.0539. The van der Waals surface area contributed by atoms with Crippen molar-refractivity contribution in [3.63, 3.8) is 0 Å². The average Bonchev–Trinajstić information content (AvgIpc) is 3.79. The maximum atomic E-state index is 15.9. The number of piperidine rings is 1. The van der Waals surface area contributed by atoms with Crippen molar-refractivity contribution in [1.29, 1.82) is 0 Å². The van der Waals surface area contributed by atoms with Gasteiger partial charge in [-0.15, -0.1) is 11.3 Å². The zero-order chi connectivity index (χ0) is 43.6. The number of nitrogens with zero attached hydrogens (tertiary/aromatic N) is 3. The van der Waals surface area contributed by atoms with Crippen LogP contribution < -0.4 is 10.1 Å². The van der Waals surface area contributed by atoms with Gasteiger partial charge >= 0.3 is 0 Å². The zero-order valence-corrected chi connectivity index (χ0v) is 37.2. The van der Waals surface area contributed by atoms with Crippen molar-refractivity contribution >= 4 is 34.6 Å². The summed E-state index contributed by atoms with van der Waals surface area (Å²) in [4.78, 5) is 47.7. The van der Waals surface area contributed by atoms with Crippen LogP contribution in [0, 0.1) is 11.7 Å². The maximum Gasteiger partial charge on any atom is 0.262 e. The highest BCUT2D eigenvalue weighted by atomic mass is 32.1. The third-order valence-electron chi connectivity index (χ3n) is 12.7. The lowest BCUT2D eigenvalue weighted by Gasteiger charge is -2.46. The topological polar surface area (TPSA) is 131 Å². The van der Waals surface area contributed by atoms with Crippen LogP contribution in [-0.2, 0) is 38.4 Å². The summed E-state index contributed by atoms with van der Waals surface area (Å²) in [6.45, 7) is 9.92. The number of ether oxygens (including phenoxy) is 3. The van der Waals surface area contributed by atoms with Crippen molar-refractivity contribution in [3.8, 4) is 11.5 Å². The van der Waals surface area contributed by atoms with E-state index < -0.39 is 0 Å². The fourth-order valence-corrected chi connectivity index (χ4v) is 9.83. The number of likely N-dealkylation sites (tertiary alicyclic amines) is 1. The predicted octanol–water partition coefficient (Wildman–Crippen LogP) is 9.04. The number of unbranched alkanes of at least 4 members (excludes halogenated alkanes) is 2. The molecule has 3 aliphatic rings. The van der Waals surface area contributed by atoms with Crippen LogP contribution in [0.1, 0.15) is 122 Å². The number of ketones is 1. The molecule has 62 heavy (non-hydrogen) atoms. The first kappa shape index (κ1) is 45.3. The molecule has 0 bridgehead atoms. The minimum Gasteiger partial charge on any atom is -0.506 e. The Bertz CT molecular complexity index is 2150. The number of amides is 2. The van der Waals surface area contributed by atoms with Gasteiger partial charge in [-0.25, -0.2) is 9.37 Å². The summed E-state index contributed by atoms with van der Waals surface area (Å²) in [6.07, 6.45) is 6.91. The summed E-state index contributed by atoms with van der Waals surface area (Å²) in [5.41, 5.74) is 3.83. The molecule has 332 valence electrons. The van der Waals surface area contributed by atoms with E-state index in [2.05, 4.69) is 36.0 Å². The molecule has 4 aromatic rings. The Morgan fingerprint density at radius 2 is 1.79 bits per heavy atom. The number of Topliss-reactive ketones (excluding diaryl/α,β-unsaturated/α-hetero) is 1. The SMILES string of the molecule is CC(C)c1nc(C(=O)C2CCOC3(CCN(Cc4cccc(CCOCCC(=O)N(CCCCCc5ccc(O)c6c5OCC(=O)N6)[C@H](C)c5ccccc5)c4F)CC3)C2)cs1. The summed E-state index contributed by atoms with van der Waals surface area (Å²) in [6, 6.07) is 18.9. The third kappa shape index (κ3) is 11.3. The average molecular weight is 869 g/mol. The van der Waals surface area contributed by atoms with Gasteiger partial charge in [0.05, 0.1) is 36.3 Å². The molecule has 2 atom stereocenters. The number of nitrogens with one attached hydrogen (secondary N) is 1. The lowest BCUT2D eigenvalue weighted by atomic mass is 9.77. The van der Waals surface area contributed by atoms with Crippen LogP contribution in [0.15, 0.2) is 66.0 Å². The number of aromatic hydroxyl groups is 1. The molecule has 2 amide bonds. The highest BCUT2D eigenvalue weighted by Gasteiger charge is 2.43. The van der Waals surface area contributed by atoms with E-state index in [0.717, 1.165) is 67.7 Å². The molecule has 2 N–H and O–H groups in total. The van der Waals surface area contributed by atoms with Crippen molar-refractivity contribution in [1.82, 2.24) is 14.8 Å². The molecular formula is C49H61FN4O7S. The Morgan fingerprint density at radius 1 is 1.00 bits per heavy atom. The monoisotopic (exact) mass is 868 g/mol. The van der Waals surface area contributed by atoms with Crippen LogP contribution in [0.3, 0.4) is 0 Å². The normalized spacial score (nSPS) is 18.0. The molecule has 13 heteroatoms. The second-order valence-corrected chi connectivity index (χ2v) is 18.2. The van der Waals surface area contributed by atoms with E-state index in [1.54, 1.807) is 17.4 Å². The van der Waals surface area contributed by atoms with Gasteiger partial charge in [-0.1, -0.05) is 74.9 Å². The summed E-state index contributed by atoms with van der Waals surface area (Å²) in [5, 5.41) is 15.8. The minimum absolute atomic E-state index is 0.00929. The van der Waals surface area contributed by atoms with Crippen LogP contribution >= 0.6 is 11.3 Å². The summed E-state index contributed by atoms with van der Waals surface area (Å²) in [5.74, 6) is 0.369. The van der Waals surface area contributed by atoms with E-state index >= 15 is 4.39 Å². The highest BCUT2D eigenvalue weighted by molar-refractivity contribution is 7.09. The number of carbonyl (C=O) groups is 3. The third-order valence-corrected chi connectivity index (χ3v) is 13.8. The molecule has 7 rings (SSSR count). The van der Waals surface area contributed by atoms with Crippen LogP contribution in [0.25, 0.3) is 0 Å². The Morgan fingerprint density at radius 3 is 2.56 bits per heavy atom. The van der Waals surface area contributed by atoms with Crippen molar-refractivity contribution in [2.75, 3.05) is 51.4 Å². The summed E-state index contributed by atoms with van der Waals surface area (Å²) < 4.78 is 33.8. The number of rotatable bonds is 19. The zero-order valence-electron chi connectivity index (χ0n) is 36.3. The van der Waals surface area contributed by atoms with Gasteiger partial charge in [0.2, 0.25) is 5.91 Å². The van der Waals surface area contributed by atoms with E-state index in [1.807, 2.05) is 64.9 Å². The number of phenols is 1. The molecule has 0 saturated carbocycles. The number of aromatic nitrogens is 1. The fourth-order valence-electron chi connectivity index (χ4n) is 9.00. The number of thiazole rings is 1. The van der Waals surface area contributed by atoms with Gasteiger partial charge in [-0.05, 0) is 81.0 Å². The van der Waals surface area contributed by atoms with E-state index in [0.29, 0.717) is 79.7 Å². The second kappa shape index (κ2) is 21.1. The number of benzene rings is 3. The van der Waals surface area contributed by atoms with Crippen molar-refractivity contribution < 1.29 is 38.1 Å². The molecule has 1 aromatic heterocycles. The molecule has 0 radical (unpaired) electrons. The van der Waals surface area contributed by atoms with Gasteiger partial charge < -0.3 is 29.5 Å².